The van der Waals surface area contributed by atoms with E-state index in [-0.39, 0.29) is 18.4 Å². The van der Waals surface area contributed by atoms with E-state index in [0.717, 1.165) is 0 Å². The van der Waals surface area contributed by atoms with Crippen LogP contribution in [0.2, 0.25) is 16.9 Å². The average Bonchev–Trinajstić information content (AvgIpc) is 1.38. The summed E-state index contributed by atoms with van der Waals surface area (Å²) >= 11 is -0.150. The molecule has 0 heterocycles. The summed E-state index contributed by atoms with van der Waals surface area (Å²) in [5.74, 6) is 4.72. The van der Waals surface area contributed by atoms with Crippen LogP contribution in [0.5, 0.6) is 0 Å². The quantitative estimate of drug-likeness (QED) is 0.436. The molecule has 0 aromatic carbocycles. The predicted octanol–water partition coefficient (Wildman–Crippen LogP) is 2.50. The molecule has 0 unspecified atom stereocenters. The molecule has 0 aliphatic heterocycles. The van der Waals surface area contributed by atoms with Gasteiger partial charge in [-0.25, -0.2) is 0 Å². The minimum Gasteiger partial charge on any atom is -0.106 e. The van der Waals surface area contributed by atoms with Gasteiger partial charge in [-0.05, 0) is 0 Å². The fourth-order valence-corrected chi connectivity index (χ4v) is 0. The van der Waals surface area contributed by atoms with Gasteiger partial charge in [0.15, 0.2) is 0 Å². The maximum Gasteiger partial charge on any atom is 0.254 e. The molecule has 0 N–H and O–H groups in total. The Morgan fingerprint density at radius 3 is 1.80 bits per heavy atom. The first kappa shape index (κ1) is 5.53. The lowest BCUT2D eigenvalue weighted by Gasteiger charge is -1.81. The lowest BCUT2D eigenvalue weighted by molar-refractivity contribution is 1.41. The van der Waals surface area contributed by atoms with Crippen molar-refractivity contribution in [3.63, 3.8) is 0 Å². The standard InChI is InChI=1S/C2H5.2CH3.Al.3H2/c1-2;;;;;;/h1H2,2H3;2*1H3;;3*1H. The van der Waals surface area contributed by atoms with Crippen LogP contribution in [0.15, 0.2) is 0 Å². The van der Waals surface area contributed by atoms with Gasteiger partial charge in [-0.2, -0.15) is 0 Å². The molecule has 0 saturated carbocycles. The molecular weight excluding hydrogens is 75.0 g/mol. The minimum absolute atomic E-state index is 0. The van der Waals surface area contributed by atoms with Crippen molar-refractivity contribution in [3.8, 4) is 0 Å². The Balaban J connectivity index is -0.0000000267. The summed E-state index contributed by atoms with van der Waals surface area (Å²) in [5, 5.41) is 1.44. The van der Waals surface area contributed by atoms with E-state index in [1.807, 2.05) is 0 Å². The molecule has 0 aromatic heterocycles. The van der Waals surface area contributed by atoms with Crippen LogP contribution in [0.4, 0.5) is 0 Å². The van der Waals surface area contributed by atoms with Crippen molar-refractivity contribution in [2.75, 3.05) is 0 Å². The van der Waals surface area contributed by atoms with Crippen molar-refractivity contribution in [2.24, 2.45) is 0 Å². The molecule has 1 heteroatoms. The Labute approximate surface area is 43.0 Å². The summed E-state index contributed by atoms with van der Waals surface area (Å²) < 4.78 is 0. The van der Waals surface area contributed by atoms with Gasteiger partial charge in [0.1, 0.15) is 0 Å². The lowest BCUT2D eigenvalue weighted by atomic mass is 11.0. The predicted molar refractivity (Wildman–Crippen MR) is 34.3 cm³/mol. The Hall–Kier alpha value is 0.532. The summed E-state index contributed by atoms with van der Waals surface area (Å²) in [7, 11) is 0. The molecule has 5 heavy (non-hydrogen) atoms. The third-order valence-corrected chi connectivity index (χ3v) is 2.45. The first-order valence-corrected chi connectivity index (χ1v) is 5.40. The molecule has 0 rings (SSSR count). The molecule has 0 nitrogen and oxygen atoms in total. The fourth-order valence-electron chi connectivity index (χ4n) is 0. The maximum atomic E-state index is 2.36. The Morgan fingerprint density at radius 2 is 1.80 bits per heavy atom. The van der Waals surface area contributed by atoms with Gasteiger partial charge in [0, 0.05) is 4.28 Å². The normalized spacial score (nSPS) is 7.80. The van der Waals surface area contributed by atoms with Crippen LogP contribution >= 0.6 is 0 Å². The molecule has 0 aliphatic rings. The minimum atomic E-state index is -0.150. The highest BCUT2D eigenvalue weighted by Crippen LogP contribution is 1.83. The summed E-state index contributed by atoms with van der Waals surface area (Å²) in [4.78, 5) is 0. The number of hydrogen-bond donors (Lipinski definition) is 0. The van der Waals surface area contributed by atoms with Gasteiger partial charge in [-0.15, -0.1) is 11.6 Å². The number of hydrogen-bond acceptors (Lipinski definition) is 0. The van der Waals surface area contributed by atoms with Crippen molar-refractivity contribution in [3.05, 3.63) is 0 Å². The van der Waals surface area contributed by atoms with Crippen molar-refractivity contribution < 1.29 is 4.28 Å². The first-order valence-electron chi connectivity index (χ1n) is 2.27. The van der Waals surface area contributed by atoms with Crippen LogP contribution in [0.1, 0.15) is 11.2 Å². The van der Waals surface area contributed by atoms with Gasteiger partial charge < -0.3 is 0 Å². The summed E-state index contributed by atoms with van der Waals surface area (Å²) in [6.45, 7) is 2.26. The molecule has 0 bridgehead atoms. The van der Waals surface area contributed by atoms with Crippen molar-refractivity contribution >= 4 is 14.1 Å². The largest absolute Gasteiger partial charge is 0.254 e. The first-order chi connectivity index (χ1) is 2.27. The maximum absolute atomic E-state index is 2.36. The molecule has 36 valence electrons. The second-order valence-electron chi connectivity index (χ2n) is 1.80. The van der Waals surface area contributed by atoms with Gasteiger partial charge in [0.05, 0.1) is 0 Å². The van der Waals surface area contributed by atoms with Crippen molar-refractivity contribution in [1.82, 2.24) is 0 Å². The zero-order valence-electron chi connectivity index (χ0n) is 4.28. The van der Waals surface area contributed by atoms with Crippen LogP contribution in [-0.2, 0) is 0 Å². The highest BCUT2D eigenvalue weighted by atomic mass is 27.2. The molecule has 0 aliphatic carbocycles. The van der Waals surface area contributed by atoms with Crippen molar-refractivity contribution in [1.29, 1.82) is 0 Å². The topological polar surface area (TPSA) is 0 Å². The van der Waals surface area contributed by atoms with E-state index in [2.05, 4.69) is 18.5 Å². The van der Waals surface area contributed by atoms with E-state index in [1.54, 1.807) is 0 Å². The van der Waals surface area contributed by atoms with E-state index >= 15 is 0 Å². The summed E-state index contributed by atoms with van der Waals surface area (Å²) in [6.07, 6.45) is 0. The van der Waals surface area contributed by atoms with E-state index in [9.17, 15) is 0 Å². The van der Waals surface area contributed by atoms with Crippen LogP contribution in [0, 0.1) is 0 Å². The van der Waals surface area contributed by atoms with Gasteiger partial charge in [-0.1, -0.05) is 12.2 Å². The molecular formula is C4H17Al. The highest BCUT2D eigenvalue weighted by molar-refractivity contribution is 6.55. The molecule has 0 radical (unpaired) electrons. The van der Waals surface area contributed by atoms with E-state index < -0.39 is 0 Å². The van der Waals surface area contributed by atoms with Crippen LogP contribution in [-0.4, -0.2) is 14.1 Å². The Kier molecular flexibility index (Phi) is 3.05. The average molecular weight is 92.2 g/mol. The van der Waals surface area contributed by atoms with Crippen LogP contribution < -0.4 is 0 Å². The van der Waals surface area contributed by atoms with Crippen LogP contribution in [0.3, 0.4) is 0 Å². The van der Waals surface area contributed by atoms with Crippen molar-refractivity contribution in [2.45, 2.75) is 23.8 Å². The Morgan fingerprint density at radius 1 is 1.60 bits per heavy atom. The fraction of sp³-hybridized carbons (Fsp3) is 1.00. The lowest BCUT2D eigenvalue weighted by Crippen LogP contribution is -1.92. The van der Waals surface area contributed by atoms with Gasteiger partial charge in [0.2, 0.25) is 0 Å². The van der Waals surface area contributed by atoms with E-state index in [4.69, 9.17) is 0 Å². The van der Waals surface area contributed by atoms with Gasteiger partial charge in [0.25, 0.3) is 14.1 Å². The van der Waals surface area contributed by atoms with Gasteiger partial charge >= 0.3 is 0 Å². The van der Waals surface area contributed by atoms with Gasteiger partial charge in [-0.3, -0.25) is 0 Å². The Bertz CT molecular complexity index is 25.2. The van der Waals surface area contributed by atoms with E-state index in [1.165, 1.54) is 5.28 Å². The summed E-state index contributed by atoms with van der Waals surface area (Å²) in [6, 6.07) is 0. The van der Waals surface area contributed by atoms with E-state index in [0.29, 0.717) is 0 Å². The SMILES string of the molecule is C[CH2][Al]([CH3])[CH3].[HH].[HH].[HH]. The zero-order chi connectivity index (χ0) is 4.28. The second kappa shape index (κ2) is 2.75. The molecule has 0 fully saturated rings. The molecule has 0 saturated heterocycles. The monoisotopic (exact) mass is 92.1 g/mol. The molecule has 0 aromatic rings. The third kappa shape index (κ3) is 4.53. The van der Waals surface area contributed by atoms with Crippen LogP contribution in [0.25, 0.3) is 0 Å². The third-order valence-electron chi connectivity index (χ3n) is 0.816. The second-order valence-corrected chi connectivity index (χ2v) is 5.41. The molecule has 0 amide bonds. The molecule has 0 spiro atoms. The zero-order valence-corrected chi connectivity index (χ0v) is 5.44. The highest BCUT2D eigenvalue weighted by Gasteiger charge is 1.91. The smallest absolute Gasteiger partial charge is 0.106 e. The molecule has 0 atom stereocenters. The number of rotatable bonds is 1. The summed E-state index contributed by atoms with van der Waals surface area (Å²) in [5.41, 5.74) is 0.